The van der Waals surface area contributed by atoms with Crippen LogP contribution in [0.15, 0.2) is 60.7 Å². The van der Waals surface area contributed by atoms with Crippen molar-refractivity contribution in [3.05, 3.63) is 71.8 Å². The molecular weight excluding hydrogens is 248 g/mol. The van der Waals surface area contributed by atoms with Crippen molar-refractivity contribution in [3.63, 3.8) is 0 Å². The molecule has 0 aliphatic rings. The number of alkyl halides is 1. The summed E-state index contributed by atoms with van der Waals surface area (Å²) >= 11 is 3.72. The van der Waals surface area contributed by atoms with Crippen molar-refractivity contribution < 1.29 is 0 Å². The van der Waals surface area contributed by atoms with Gasteiger partial charge in [-0.25, -0.2) is 0 Å². The van der Waals surface area contributed by atoms with Gasteiger partial charge in [-0.1, -0.05) is 76.6 Å². The van der Waals surface area contributed by atoms with Crippen LogP contribution in [0.25, 0.3) is 0 Å². The van der Waals surface area contributed by atoms with Gasteiger partial charge in [0, 0.05) is 4.83 Å². The van der Waals surface area contributed by atoms with E-state index in [-0.39, 0.29) is 0 Å². The first-order valence-corrected chi connectivity index (χ1v) is 6.01. The predicted molar refractivity (Wildman–Crippen MR) is 68.3 cm³/mol. The van der Waals surface area contributed by atoms with Crippen molar-refractivity contribution in [2.45, 2.75) is 11.2 Å². The molecule has 0 fully saturated rings. The van der Waals surface area contributed by atoms with E-state index < -0.39 is 0 Å². The fourth-order valence-electron chi connectivity index (χ4n) is 1.60. The minimum absolute atomic E-state index is 0.404. The highest BCUT2D eigenvalue weighted by molar-refractivity contribution is 9.09. The summed E-state index contributed by atoms with van der Waals surface area (Å²) in [6.07, 6.45) is 1.03. The third kappa shape index (κ3) is 2.93. The Bertz CT molecular complexity index is 394. The van der Waals surface area contributed by atoms with Crippen molar-refractivity contribution >= 4 is 15.9 Å². The lowest BCUT2D eigenvalue weighted by Gasteiger charge is -2.09. The Hall–Kier alpha value is -1.08. The van der Waals surface area contributed by atoms with Crippen LogP contribution >= 0.6 is 15.9 Å². The number of hydrogen-bond acceptors (Lipinski definition) is 0. The Morgan fingerprint density at radius 3 is 1.93 bits per heavy atom. The second kappa shape index (κ2) is 5.13. The van der Waals surface area contributed by atoms with Crippen LogP contribution in [0, 0.1) is 0 Å². The van der Waals surface area contributed by atoms with Gasteiger partial charge in [-0.15, -0.1) is 0 Å². The molecule has 1 heteroatoms. The van der Waals surface area contributed by atoms with Gasteiger partial charge in [0.1, 0.15) is 0 Å². The van der Waals surface area contributed by atoms with Crippen LogP contribution in [0.2, 0.25) is 0 Å². The number of benzene rings is 2. The van der Waals surface area contributed by atoms with Crippen molar-refractivity contribution in [2.24, 2.45) is 0 Å². The maximum Gasteiger partial charge on any atom is 0.0435 e. The van der Waals surface area contributed by atoms with Gasteiger partial charge in [-0.2, -0.15) is 0 Å². The van der Waals surface area contributed by atoms with E-state index in [0.29, 0.717) is 4.83 Å². The molecule has 2 aromatic rings. The maximum atomic E-state index is 3.72. The van der Waals surface area contributed by atoms with Gasteiger partial charge in [0.2, 0.25) is 0 Å². The lowest BCUT2D eigenvalue weighted by atomic mass is 10.0. The molecule has 0 aliphatic heterocycles. The van der Waals surface area contributed by atoms with Gasteiger partial charge < -0.3 is 0 Å². The van der Waals surface area contributed by atoms with E-state index in [0.717, 1.165) is 6.42 Å². The van der Waals surface area contributed by atoms with Gasteiger partial charge in [-0.05, 0) is 17.5 Å². The largest absolute Gasteiger partial charge is 0.0835 e. The molecule has 2 aromatic carbocycles. The number of hydrogen-bond donors (Lipinski definition) is 0. The summed E-state index contributed by atoms with van der Waals surface area (Å²) < 4.78 is 0. The molecule has 15 heavy (non-hydrogen) atoms. The van der Waals surface area contributed by atoms with E-state index in [1.54, 1.807) is 0 Å². The highest BCUT2D eigenvalue weighted by Crippen LogP contribution is 2.26. The average molecular weight is 261 g/mol. The normalized spacial score (nSPS) is 12.3. The zero-order valence-corrected chi connectivity index (χ0v) is 10.0. The molecule has 0 saturated carbocycles. The van der Waals surface area contributed by atoms with Gasteiger partial charge in [0.15, 0.2) is 0 Å². The summed E-state index contributed by atoms with van der Waals surface area (Å²) in [6.45, 7) is 0. The predicted octanol–water partition coefficient (Wildman–Crippen LogP) is 4.37. The first kappa shape index (κ1) is 10.4. The summed E-state index contributed by atoms with van der Waals surface area (Å²) in [6, 6.07) is 21.1. The Morgan fingerprint density at radius 2 is 1.33 bits per heavy atom. The fraction of sp³-hybridized carbons (Fsp3) is 0.143. The molecule has 0 aromatic heterocycles. The Labute approximate surface area is 99.1 Å². The maximum absolute atomic E-state index is 3.72. The van der Waals surface area contributed by atoms with E-state index in [1.165, 1.54) is 11.1 Å². The third-order valence-corrected chi connectivity index (χ3v) is 3.27. The molecule has 0 amide bonds. The third-order valence-electron chi connectivity index (χ3n) is 2.42. The van der Waals surface area contributed by atoms with Crippen LogP contribution in [0.1, 0.15) is 16.0 Å². The highest BCUT2D eigenvalue weighted by Gasteiger charge is 2.06. The quantitative estimate of drug-likeness (QED) is 0.720. The molecule has 0 aliphatic carbocycles. The van der Waals surface area contributed by atoms with E-state index in [4.69, 9.17) is 0 Å². The Balaban J connectivity index is 2.08. The van der Waals surface area contributed by atoms with E-state index >= 15 is 0 Å². The molecule has 76 valence electrons. The molecule has 0 spiro atoms. The fourth-order valence-corrected chi connectivity index (χ4v) is 2.28. The Morgan fingerprint density at radius 1 is 0.800 bits per heavy atom. The van der Waals surface area contributed by atoms with E-state index in [2.05, 4.69) is 70.5 Å². The minimum atomic E-state index is 0.404. The van der Waals surface area contributed by atoms with Crippen LogP contribution in [-0.2, 0) is 6.42 Å². The van der Waals surface area contributed by atoms with Gasteiger partial charge in [-0.3, -0.25) is 0 Å². The van der Waals surface area contributed by atoms with Crippen molar-refractivity contribution in [1.29, 1.82) is 0 Å². The summed E-state index contributed by atoms with van der Waals surface area (Å²) in [4.78, 5) is 0.404. The second-order valence-electron chi connectivity index (χ2n) is 3.57. The van der Waals surface area contributed by atoms with Gasteiger partial charge in [0.05, 0.1) is 0 Å². The van der Waals surface area contributed by atoms with Crippen LogP contribution < -0.4 is 0 Å². The highest BCUT2D eigenvalue weighted by atomic mass is 79.9. The van der Waals surface area contributed by atoms with Gasteiger partial charge in [0.25, 0.3) is 0 Å². The molecule has 1 atom stereocenters. The topological polar surface area (TPSA) is 0 Å². The molecule has 2 rings (SSSR count). The lowest BCUT2D eigenvalue weighted by Crippen LogP contribution is -1.94. The van der Waals surface area contributed by atoms with Crippen LogP contribution in [0.4, 0.5) is 0 Å². The lowest BCUT2D eigenvalue weighted by molar-refractivity contribution is 0.949. The van der Waals surface area contributed by atoms with Crippen LogP contribution in [0.5, 0.6) is 0 Å². The average Bonchev–Trinajstić information content (AvgIpc) is 2.31. The minimum Gasteiger partial charge on any atom is -0.0835 e. The van der Waals surface area contributed by atoms with Crippen LogP contribution in [-0.4, -0.2) is 0 Å². The number of halogens is 1. The second-order valence-corrected chi connectivity index (χ2v) is 4.67. The molecular formula is C14H13Br. The standard InChI is InChI=1S/C14H13Br/c15-14(13-9-5-2-6-10-13)11-12-7-3-1-4-8-12/h1-10,14H,11H2/t14-/m1/s1. The molecule has 0 N–H and O–H groups in total. The van der Waals surface area contributed by atoms with E-state index in [1.807, 2.05) is 6.07 Å². The molecule has 0 radical (unpaired) electrons. The number of rotatable bonds is 3. The molecule has 0 unspecified atom stereocenters. The summed E-state index contributed by atoms with van der Waals surface area (Å²) in [5.41, 5.74) is 2.70. The zero-order valence-electron chi connectivity index (χ0n) is 8.44. The summed E-state index contributed by atoms with van der Waals surface area (Å²) in [5, 5.41) is 0. The van der Waals surface area contributed by atoms with Crippen molar-refractivity contribution in [2.75, 3.05) is 0 Å². The first-order chi connectivity index (χ1) is 7.36. The monoisotopic (exact) mass is 260 g/mol. The molecule has 0 saturated heterocycles. The summed E-state index contributed by atoms with van der Waals surface area (Å²) in [7, 11) is 0. The van der Waals surface area contributed by atoms with Gasteiger partial charge >= 0.3 is 0 Å². The molecule has 0 bridgehead atoms. The van der Waals surface area contributed by atoms with Crippen LogP contribution in [0.3, 0.4) is 0 Å². The summed E-state index contributed by atoms with van der Waals surface area (Å²) in [5.74, 6) is 0. The van der Waals surface area contributed by atoms with E-state index in [9.17, 15) is 0 Å². The molecule has 0 heterocycles. The SMILES string of the molecule is Br[C@H](Cc1ccccc1)c1ccccc1. The zero-order chi connectivity index (χ0) is 10.5. The van der Waals surface area contributed by atoms with Crippen molar-refractivity contribution in [3.8, 4) is 0 Å². The smallest absolute Gasteiger partial charge is 0.0435 e. The first-order valence-electron chi connectivity index (χ1n) is 5.09. The Kier molecular flexibility index (Phi) is 3.57. The van der Waals surface area contributed by atoms with Crippen molar-refractivity contribution in [1.82, 2.24) is 0 Å². The molecule has 0 nitrogen and oxygen atoms in total.